The van der Waals surface area contributed by atoms with E-state index >= 15 is 0 Å². The standard InChI is InChI=1S/C21H20BrCl2NO3/c1-2-26-20-8-15(11-25-12-17-4-3-7-27-17)18(22)10-21(20)28-13-14-5-6-16(23)9-19(14)24/h3-10,25H,2,11-13H2,1H3. The zero-order valence-electron chi connectivity index (χ0n) is 15.3. The maximum Gasteiger partial charge on any atom is 0.162 e. The van der Waals surface area contributed by atoms with Crippen LogP contribution in [0.25, 0.3) is 0 Å². The van der Waals surface area contributed by atoms with Gasteiger partial charge in [-0.2, -0.15) is 0 Å². The maximum absolute atomic E-state index is 6.23. The first kappa shape index (κ1) is 21.1. The quantitative estimate of drug-likeness (QED) is 0.370. The van der Waals surface area contributed by atoms with Crippen LogP contribution in [0.3, 0.4) is 0 Å². The summed E-state index contributed by atoms with van der Waals surface area (Å²) in [6, 6.07) is 13.0. The van der Waals surface area contributed by atoms with Crippen molar-refractivity contribution in [3.05, 3.63) is 80.1 Å². The van der Waals surface area contributed by atoms with Crippen LogP contribution < -0.4 is 14.8 Å². The fraction of sp³-hybridized carbons (Fsp3) is 0.238. The van der Waals surface area contributed by atoms with Crippen molar-refractivity contribution in [1.82, 2.24) is 5.32 Å². The van der Waals surface area contributed by atoms with Crippen molar-refractivity contribution in [2.45, 2.75) is 26.6 Å². The van der Waals surface area contributed by atoms with Crippen LogP contribution in [0.5, 0.6) is 11.5 Å². The van der Waals surface area contributed by atoms with Gasteiger partial charge < -0.3 is 19.2 Å². The smallest absolute Gasteiger partial charge is 0.162 e. The summed E-state index contributed by atoms with van der Waals surface area (Å²) in [4.78, 5) is 0. The van der Waals surface area contributed by atoms with Gasteiger partial charge in [-0.3, -0.25) is 0 Å². The van der Waals surface area contributed by atoms with Gasteiger partial charge in [-0.1, -0.05) is 45.2 Å². The Bertz CT molecular complexity index is 916. The Labute approximate surface area is 182 Å². The molecule has 0 aliphatic carbocycles. The van der Waals surface area contributed by atoms with Crippen LogP contribution in [0, 0.1) is 0 Å². The lowest BCUT2D eigenvalue weighted by atomic mass is 10.2. The summed E-state index contributed by atoms with van der Waals surface area (Å²) in [6.07, 6.45) is 1.67. The van der Waals surface area contributed by atoms with Crippen LogP contribution in [0.2, 0.25) is 10.0 Å². The molecule has 7 heteroatoms. The first-order valence-electron chi connectivity index (χ1n) is 8.82. The fourth-order valence-corrected chi connectivity index (χ4v) is 3.55. The molecular formula is C21H20BrCl2NO3. The molecule has 0 aliphatic rings. The van der Waals surface area contributed by atoms with Crippen LogP contribution in [0.1, 0.15) is 23.8 Å². The molecule has 0 atom stereocenters. The molecule has 28 heavy (non-hydrogen) atoms. The van der Waals surface area contributed by atoms with Gasteiger partial charge in [0.1, 0.15) is 12.4 Å². The Kier molecular flexibility index (Phi) is 7.68. The van der Waals surface area contributed by atoms with E-state index < -0.39 is 0 Å². The zero-order valence-corrected chi connectivity index (χ0v) is 18.4. The second-order valence-corrected chi connectivity index (χ2v) is 7.73. The third-order valence-corrected chi connectivity index (χ3v) is 5.33. The minimum absolute atomic E-state index is 0.318. The molecule has 3 aromatic rings. The Morgan fingerprint density at radius 2 is 1.82 bits per heavy atom. The molecule has 0 spiro atoms. The number of hydrogen-bond donors (Lipinski definition) is 1. The Balaban J connectivity index is 1.70. The first-order valence-corrected chi connectivity index (χ1v) is 10.4. The summed E-state index contributed by atoms with van der Waals surface area (Å²) in [5.41, 5.74) is 1.92. The Hall–Kier alpha value is -1.66. The predicted octanol–water partition coefficient (Wildman–Crippen LogP) is 6.62. The minimum atomic E-state index is 0.318. The molecule has 2 aromatic carbocycles. The van der Waals surface area contributed by atoms with Gasteiger partial charge in [-0.15, -0.1) is 0 Å². The van der Waals surface area contributed by atoms with Crippen LogP contribution in [-0.2, 0) is 19.7 Å². The molecular weight excluding hydrogens is 465 g/mol. The van der Waals surface area contributed by atoms with Crippen molar-refractivity contribution in [2.24, 2.45) is 0 Å². The highest BCUT2D eigenvalue weighted by molar-refractivity contribution is 9.10. The molecule has 148 valence electrons. The molecule has 1 N–H and O–H groups in total. The highest BCUT2D eigenvalue weighted by Gasteiger charge is 2.12. The number of benzene rings is 2. The molecule has 1 aromatic heterocycles. The minimum Gasteiger partial charge on any atom is -0.490 e. The maximum atomic E-state index is 6.23. The molecule has 0 unspecified atom stereocenters. The molecule has 0 saturated carbocycles. The lowest BCUT2D eigenvalue weighted by Crippen LogP contribution is -2.13. The van der Waals surface area contributed by atoms with Crippen LogP contribution in [-0.4, -0.2) is 6.61 Å². The van der Waals surface area contributed by atoms with Gasteiger partial charge in [0, 0.05) is 26.6 Å². The van der Waals surface area contributed by atoms with Gasteiger partial charge in [-0.05, 0) is 48.9 Å². The summed E-state index contributed by atoms with van der Waals surface area (Å²) < 4.78 is 18.0. The SMILES string of the molecule is CCOc1cc(CNCc2ccco2)c(Br)cc1OCc1ccc(Cl)cc1Cl. The number of furan rings is 1. The second-order valence-electron chi connectivity index (χ2n) is 6.03. The summed E-state index contributed by atoms with van der Waals surface area (Å²) in [5, 5.41) is 4.52. The normalized spacial score (nSPS) is 10.9. The molecule has 0 aliphatic heterocycles. The van der Waals surface area contributed by atoms with E-state index in [1.165, 1.54) is 0 Å². The number of nitrogens with one attached hydrogen (secondary N) is 1. The molecule has 1 heterocycles. The Morgan fingerprint density at radius 3 is 2.54 bits per heavy atom. The average Bonchev–Trinajstić information content (AvgIpc) is 3.17. The van der Waals surface area contributed by atoms with Crippen molar-refractivity contribution in [3.8, 4) is 11.5 Å². The van der Waals surface area contributed by atoms with Crippen LogP contribution in [0.4, 0.5) is 0 Å². The second kappa shape index (κ2) is 10.2. The number of ether oxygens (including phenoxy) is 2. The van der Waals surface area contributed by atoms with Crippen LogP contribution >= 0.6 is 39.1 Å². The van der Waals surface area contributed by atoms with E-state index in [9.17, 15) is 0 Å². The average molecular weight is 485 g/mol. The highest BCUT2D eigenvalue weighted by atomic mass is 79.9. The van der Waals surface area contributed by atoms with Gasteiger partial charge in [0.25, 0.3) is 0 Å². The number of hydrogen-bond acceptors (Lipinski definition) is 4. The topological polar surface area (TPSA) is 43.6 Å². The number of rotatable bonds is 9. The fourth-order valence-electron chi connectivity index (χ4n) is 2.62. The summed E-state index contributed by atoms with van der Waals surface area (Å²) in [6.45, 7) is 4.11. The zero-order chi connectivity index (χ0) is 19.9. The van der Waals surface area contributed by atoms with E-state index in [1.54, 1.807) is 18.4 Å². The van der Waals surface area contributed by atoms with Gasteiger partial charge in [0.05, 0.1) is 19.4 Å². The summed E-state index contributed by atoms with van der Waals surface area (Å²) in [5.74, 6) is 2.22. The third-order valence-electron chi connectivity index (χ3n) is 4.01. The monoisotopic (exact) mass is 483 g/mol. The van der Waals surface area contributed by atoms with Gasteiger partial charge in [0.2, 0.25) is 0 Å². The van der Waals surface area contributed by atoms with Crippen molar-refractivity contribution >= 4 is 39.1 Å². The van der Waals surface area contributed by atoms with Gasteiger partial charge in [-0.25, -0.2) is 0 Å². The van der Waals surface area contributed by atoms with E-state index in [1.807, 2.05) is 37.3 Å². The largest absolute Gasteiger partial charge is 0.490 e. The first-order chi connectivity index (χ1) is 13.6. The number of halogens is 3. The molecule has 0 fully saturated rings. The van der Waals surface area contributed by atoms with Crippen LogP contribution in [0.15, 0.2) is 57.6 Å². The van der Waals surface area contributed by atoms with Crippen molar-refractivity contribution < 1.29 is 13.9 Å². The third kappa shape index (κ3) is 5.67. The van der Waals surface area contributed by atoms with E-state index in [-0.39, 0.29) is 0 Å². The summed E-state index contributed by atoms with van der Waals surface area (Å²) >= 11 is 15.8. The van der Waals surface area contributed by atoms with Crippen molar-refractivity contribution in [3.63, 3.8) is 0 Å². The molecule has 0 radical (unpaired) electrons. The van der Waals surface area contributed by atoms with E-state index in [2.05, 4.69) is 21.2 Å². The van der Waals surface area contributed by atoms with Gasteiger partial charge in [0.15, 0.2) is 11.5 Å². The highest BCUT2D eigenvalue weighted by Crippen LogP contribution is 2.35. The molecule has 0 saturated heterocycles. The lowest BCUT2D eigenvalue weighted by molar-refractivity contribution is 0.269. The van der Waals surface area contributed by atoms with E-state index in [0.29, 0.717) is 47.8 Å². The summed E-state index contributed by atoms with van der Waals surface area (Å²) in [7, 11) is 0. The molecule has 0 bridgehead atoms. The van der Waals surface area contributed by atoms with Crippen molar-refractivity contribution in [1.29, 1.82) is 0 Å². The Morgan fingerprint density at radius 1 is 1.00 bits per heavy atom. The van der Waals surface area contributed by atoms with Gasteiger partial charge >= 0.3 is 0 Å². The molecule has 4 nitrogen and oxygen atoms in total. The predicted molar refractivity (Wildman–Crippen MR) is 115 cm³/mol. The molecule has 3 rings (SSSR count). The van der Waals surface area contributed by atoms with E-state index in [4.69, 9.17) is 37.1 Å². The van der Waals surface area contributed by atoms with E-state index in [0.717, 1.165) is 21.4 Å². The van der Waals surface area contributed by atoms with Crippen molar-refractivity contribution in [2.75, 3.05) is 6.61 Å². The lowest BCUT2D eigenvalue weighted by Gasteiger charge is -2.16. The molecule has 0 amide bonds.